The van der Waals surface area contributed by atoms with Gasteiger partial charge in [0.1, 0.15) is 5.60 Å². The van der Waals surface area contributed by atoms with Crippen LogP contribution in [0.5, 0.6) is 0 Å². The maximum atomic E-state index is 13.6. The molecule has 7 nitrogen and oxygen atoms in total. The monoisotopic (exact) mass is 498 g/mol. The number of nitrogens with zero attached hydrogens (tertiary/aromatic N) is 1. The zero-order valence-electron chi connectivity index (χ0n) is 22.0. The van der Waals surface area contributed by atoms with E-state index in [0.717, 1.165) is 10.5 Å². The SMILES string of the molecule is CC(C)(C)OC(=O)N1C(=O)C(O)(N[C@@H](CO[Si](C)(C)C(C)(C)C)c2ccccc2)c2ccccc21. The van der Waals surface area contributed by atoms with Crippen LogP contribution >= 0.6 is 0 Å². The molecule has 2 N–H and O–H groups in total. The Bertz CT molecular complexity index is 1070. The molecule has 2 amide bonds. The molecule has 0 aliphatic carbocycles. The van der Waals surface area contributed by atoms with Crippen molar-refractivity contribution in [2.24, 2.45) is 0 Å². The maximum Gasteiger partial charge on any atom is 0.421 e. The van der Waals surface area contributed by atoms with Crippen molar-refractivity contribution in [3.05, 3.63) is 65.7 Å². The van der Waals surface area contributed by atoms with Crippen LogP contribution in [-0.4, -0.2) is 37.6 Å². The second-order valence-electron chi connectivity index (χ2n) is 11.5. The first-order valence-corrected chi connectivity index (χ1v) is 14.8. The zero-order valence-corrected chi connectivity index (χ0v) is 23.0. The summed E-state index contributed by atoms with van der Waals surface area (Å²) in [5, 5.41) is 14.9. The number of para-hydroxylation sites is 1. The average molecular weight is 499 g/mol. The van der Waals surface area contributed by atoms with Crippen LogP contribution in [0.25, 0.3) is 0 Å². The van der Waals surface area contributed by atoms with E-state index in [2.05, 4.69) is 39.2 Å². The second kappa shape index (κ2) is 9.50. The van der Waals surface area contributed by atoms with Gasteiger partial charge in [-0.1, -0.05) is 69.3 Å². The largest absolute Gasteiger partial charge is 0.443 e. The van der Waals surface area contributed by atoms with Crippen LogP contribution in [0.15, 0.2) is 54.6 Å². The van der Waals surface area contributed by atoms with E-state index in [4.69, 9.17) is 9.16 Å². The van der Waals surface area contributed by atoms with Crippen LogP contribution in [0, 0.1) is 0 Å². The lowest BCUT2D eigenvalue weighted by atomic mass is 10.0. The fraction of sp³-hybridized carbons (Fsp3) is 0.481. The molecule has 0 fully saturated rings. The standard InChI is InChI=1S/C27H38N2O5Si/c1-25(2,3)34-24(31)29-22-17-13-12-16-20(22)27(32,23(29)30)28-21(19-14-10-9-11-15-19)18-33-35(7,8)26(4,5)6/h9-17,21,28,32H,18H2,1-8H3/t21-,27?/m0/s1. The number of amides is 2. The quantitative estimate of drug-likeness (QED) is 0.406. The Labute approximate surface area is 209 Å². The molecule has 0 spiro atoms. The van der Waals surface area contributed by atoms with Gasteiger partial charge in [-0.3, -0.25) is 10.1 Å². The molecule has 3 rings (SSSR count). The van der Waals surface area contributed by atoms with Gasteiger partial charge < -0.3 is 14.3 Å². The Kier molecular flexibility index (Phi) is 7.35. The summed E-state index contributed by atoms with van der Waals surface area (Å²) in [7, 11) is -2.12. The van der Waals surface area contributed by atoms with Crippen molar-refractivity contribution >= 4 is 26.0 Å². The zero-order chi connectivity index (χ0) is 26.2. The Morgan fingerprint density at radius 2 is 1.60 bits per heavy atom. The lowest BCUT2D eigenvalue weighted by Gasteiger charge is -2.38. The summed E-state index contributed by atoms with van der Waals surface area (Å²) >= 11 is 0. The van der Waals surface area contributed by atoms with Crippen LogP contribution < -0.4 is 10.2 Å². The molecule has 35 heavy (non-hydrogen) atoms. The van der Waals surface area contributed by atoms with E-state index in [-0.39, 0.29) is 11.6 Å². The normalized spacial score (nSPS) is 19.5. The first-order valence-electron chi connectivity index (χ1n) is 11.9. The van der Waals surface area contributed by atoms with Crippen molar-refractivity contribution in [2.45, 2.75) is 77.0 Å². The van der Waals surface area contributed by atoms with E-state index in [1.165, 1.54) is 0 Å². The lowest BCUT2D eigenvalue weighted by molar-refractivity contribution is -0.141. The third-order valence-electron chi connectivity index (χ3n) is 6.63. The fourth-order valence-corrected chi connectivity index (χ4v) is 4.67. The second-order valence-corrected chi connectivity index (χ2v) is 16.3. The molecule has 0 radical (unpaired) electrons. The molecule has 1 aliphatic heterocycles. The van der Waals surface area contributed by atoms with E-state index in [9.17, 15) is 14.7 Å². The molecule has 2 aromatic carbocycles. The number of hydrogen-bond acceptors (Lipinski definition) is 6. The topological polar surface area (TPSA) is 88.1 Å². The summed E-state index contributed by atoms with van der Waals surface area (Å²) in [6.45, 7) is 16.2. The molecule has 1 unspecified atom stereocenters. The fourth-order valence-electron chi connectivity index (χ4n) is 3.66. The molecule has 1 heterocycles. The number of ether oxygens (including phenoxy) is 1. The molecular formula is C27H38N2O5Si. The van der Waals surface area contributed by atoms with Gasteiger partial charge in [-0.25, -0.2) is 9.69 Å². The van der Waals surface area contributed by atoms with Gasteiger partial charge in [0.25, 0.3) is 5.91 Å². The molecule has 0 saturated carbocycles. The van der Waals surface area contributed by atoms with E-state index in [1.807, 2.05) is 30.3 Å². The summed E-state index contributed by atoms with van der Waals surface area (Å²) in [4.78, 5) is 27.5. The highest BCUT2D eigenvalue weighted by atomic mass is 28.4. The van der Waals surface area contributed by atoms with Crippen LogP contribution in [0.2, 0.25) is 18.1 Å². The number of anilines is 1. The average Bonchev–Trinajstić information content (AvgIpc) is 2.97. The smallest absolute Gasteiger partial charge is 0.421 e. The number of benzene rings is 2. The molecule has 0 bridgehead atoms. The van der Waals surface area contributed by atoms with Crippen molar-refractivity contribution in [3.8, 4) is 0 Å². The summed E-state index contributed by atoms with van der Waals surface area (Å²) in [5.41, 5.74) is -1.49. The maximum absolute atomic E-state index is 13.6. The Balaban J connectivity index is 1.99. The predicted octanol–water partition coefficient (Wildman–Crippen LogP) is 5.47. The minimum atomic E-state index is -2.13. The van der Waals surface area contributed by atoms with Crippen molar-refractivity contribution in [1.82, 2.24) is 5.32 Å². The number of carbonyl (C=O) groups excluding carboxylic acids is 2. The number of nitrogens with one attached hydrogen (secondary N) is 1. The highest BCUT2D eigenvalue weighted by Crippen LogP contribution is 2.42. The number of imide groups is 1. The first kappa shape index (κ1) is 27.1. The predicted molar refractivity (Wildman–Crippen MR) is 140 cm³/mol. The van der Waals surface area contributed by atoms with E-state index in [1.54, 1.807) is 45.0 Å². The Morgan fingerprint density at radius 1 is 1.03 bits per heavy atom. The lowest BCUT2D eigenvalue weighted by Crippen LogP contribution is -2.55. The minimum Gasteiger partial charge on any atom is -0.443 e. The first-order chi connectivity index (χ1) is 16.1. The van der Waals surface area contributed by atoms with Gasteiger partial charge in [-0.2, -0.15) is 0 Å². The van der Waals surface area contributed by atoms with Gasteiger partial charge >= 0.3 is 6.09 Å². The van der Waals surface area contributed by atoms with Gasteiger partial charge in [-0.15, -0.1) is 0 Å². The molecule has 2 aromatic rings. The van der Waals surface area contributed by atoms with Crippen LogP contribution in [0.4, 0.5) is 10.5 Å². The number of hydrogen-bond donors (Lipinski definition) is 2. The van der Waals surface area contributed by atoms with E-state index in [0.29, 0.717) is 11.3 Å². The third-order valence-corrected chi connectivity index (χ3v) is 11.1. The Hall–Kier alpha value is -2.52. The number of aliphatic hydroxyl groups is 1. The van der Waals surface area contributed by atoms with Crippen LogP contribution in [0.3, 0.4) is 0 Å². The molecular weight excluding hydrogens is 460 g/mol. The summed E-state index contributed by atoms with van der Waals surface area (Å²) < 4.78 is 11.9. The van der Waals surface area contributed by atoms with Crippen molar-refractivity contribution < 1.29 is 23.9 Å². The molecule has 0 aromatic heterocycles. The van der Waals surface area contributed by atoms with Crippen LogP contribution in [-0.2, 0) is 19.7 Å². The molecule has 0 saturated heterocycles. The van der Waals surface area contributed by atoms with Gasteiger partial charge in [-0.05, 0) is 50.5 Å². The van der Waals surface area contributed by atoms with Crippen molar-refractivity contribution in [2.75, 3.05) is 11.5 Å². The van der Waals surface area contributed by atoms with Gasteiger partial charge in [0.2, 0.25) is 5.72 Å². The van der Waals surface area contributed by atoms with Gasteiger partial charge in [0.05, 0.1) is 18.3 Å². The van der Waals surface area contributed by atoms with E-state index >= 15 is 0 Å². The number of carbonyl (C=O) groups is 2. The highest BCUT2D eigenvalue weighted by molar-refractivity contribution is 6.74. The Morgan fingerprint density at radius 3 is 2.17 bits per heavy atom. The summed E-state index contributed by atoms with van der Waals surface area (Å²) in [6.07, 6.45) is -0.832. The molecule has 190 valence electrons. The highest BCUT2D eigenvalue weighted by Gasteiger charge is 2.54. The van der Waals surface area contributed by atoms with Crippen LogP contribution in [0.1, 0.15) is 58.7 Å². The molecule has 8 heteroatoms. The van der Waals surface area contributed by atoms with Crippen molar-refractivity contribution in [3.63, 3.8) is 0 Å². The van der Waals surface area contributed by atoms with E-state index < -0.39 is 37.7 Å². The summed E-state index contributed by atoms with van der Waals surface area (Å²) in [5.74, 6) is -0.804. The third kappa shape index (κ3) is 5.67. The van der Waals surface area contributed by atoms with Gasteiger partial charge in [0, 0.05) is 5.56 Å². The molecule has 2 atom stereocenters. The van der Waals surface area contributed by atoms with Crippen molar-refractivity contribution in [1.29, 1.82) is 0 Å². The number of fused-ring (bicyclic) bond motifs is 1. The summed E-state index contributed by atoms with van der Waals surface area (Å²) in [6, 6.07) is 15.7. The molecule has 1 aliphatic rings. The van der Waals surface area contributed by atoms with Gasteiger partial charge in [0.15, 0.2) is 8.32 Å². The number of rotatable bonds is 6. The minimum absolute atomic E-state index is 0.00553.